The van der Waals surface area contributed by atoms with E-state index in [0.717, 1.165) is 0 Å². The lowest BCUT2D eigenvalue weighted by Crippen LogP contribution is -2.20. The van der Waals surface area contributed by atoms with Gasteiger partial charge in [0.1, 0.15) is 11.3 Å². The minimum atomic E-state index is -0.382. The zero-order chi connectivity index (χ0) is 17.3. The standard InChI is InChI=1S/C15H8Cl4N2O2S/c16-7-1-4-11(10(19)5-7)23-6-12(22)20-15-21-13-8(17)2-3-9(18)14(13)24-15/h1-5H,6H2,(H,20,21,22). The second-order valence-corrected chi connectivity index (χ2v) is 7.29. The van der Waals surface area contributed by atoms with Gasteiger partial charge >= 0.3 is 0 Å². The fraction of sp³-hybridized carbons (Fsp3) is 0.0667. The van der Waals surface area contributed by atoms with Crippen LogP contribution in [0.5, 0.6) is 5.75 Å². The number of amides is 1. The normalized spacial score (nSPS) is 10.8. The van der Waals surface area contributed by atoms with Crippen LogP contribution < -0.4 is 10.1 Å². The Bertz CT molecular complexity index is 890. The van der Waals surface area contributed by atoms with Crippen LogP contribution in [0.4, 0.5) is 5.13 Å². The third-order valence-corrected chi connectivity index (χ3v) is 5.21. The number of thiazole rings is 1. The van der Waals surface area contributed by atoms with Crippen LogP contribution in [0, 0.1) is 0 Å². The van der Waals surface area contributed by atoms with Gasteiger partial charge in [-0.15, -0.1) is 0 Å². The summed E-state index contributed by atoms with van der Waals surface area (Å²) >= 11 is 25.2. The molecule has 1 N–H and O–H groups in total. The van der Waals surface area contributed by atoms with Crippen LogP contribution in [0.2, 0.25) is 20.1 Å². The summed E-state index contributed by atoms with van der Waals surface area (Å²) in [5.41, 5.74) is 0.547. The Balaban J connectivity index is 1.69. The van der Waals surface area contributed by atoms with E-state index < -0.39 is 0 Å². The van der Waals surface area contributed by atoms with E-state index in [-0.39, 0.29) is 12.5 Å². The zero-order valence-corrected chi connectivity index (χ0v) is 15.6. The van der Waals surface area contributed by atoms with Gasteiger partial charge in [-0.1, -0.05) is 57.7 Å². The summed E-state index contributed by atoms with van der Waals surface area (Å²) < 4.78 is 6.08. The molecule has 24 heavy (non-hydrogen) atoms. The molecule has 0 unspecified atom stereocenters. The van der Waals surface area contributed by atoms with E-state index in [1.165, 1.54) is 17.4 Å². The lowest BCUT2D eigenvalue weighted by molar-refractivity contribution is -0.118. The number of rotatable bonds is 4. The SMILES string of the molecule is O=C(COc1ccc(Cl)cc1Cl)Nc1nc2c(Cl)ccc(Cl)c2s1. The number of nitrogens with one attached hydrogen (secondary N) is 1. The molecule has 2 aromatic carbocycles. The van der Waals surface area contributed by atoms with E-state index in [4.69, 9.17) is 51.1 Å². The minimum absolute atomic E-state index is 0.223. The summed E-state index contributed by atoms with van der Waals surface area (Å²) in [7, 11) is 0. The van der Waals surface area contributed by atoms with Crippen molar-refractivity contribution in [1.82, 2.24) is 4.98 Å². The molecule has 1 amide bonds. The maximum atomic E-state index is 12.0. The molecule has 0 radical (unpaired) electrons. The number of benzene rings is 2. The Hall–Kier alpha value is -1.24. The highest BCUT2D eigenvalue weighted by Crippen LogP contribution is 2.36. The summed E-state index contributed by atoms with van der Waals surface area (Å²) in [5, 5.41) is 4.84. The highest BCUT2D eigenvalue weighted by molar-refractivity contribution is 7.23. The van der Waals surface area contributed by atoms with E-state index in [1.54, 1.807) is 24.3 Å². The maximum Gasteiger partial charge on any atom is 0.264 e. The molecule has 0 aliphatic rings. The molecule has 3 rings (SSSR count). The van der Waals surface area contributed by atoms with Gasteiger partial charge in [0.25, 0.3) is 5.91 Å². The van der Waals surface area contributed by atoms with E-state index in [9.17, 15) is 4.79 Å². The number of halogens is 4. The highest BCUT2D eigenvalue weighted by atomic mass is 35.5. The molecular weight excluding hydrogens is 414 g/mol. The van der Waals surface area contributed by atoms with Crippen molar-refractivity contribution in [2.75, 3.05) is 11.9 Å². The van der Waals surface area contributed by atoms with Crippen LogP contribution in [0.3, 0.4) is 0 Å². The van der Waals surface area contributed by atoms with Crippen molar-refractivity contribution in [3.63, 3.8) is 0 Å². The predicted octanol–water partition coefficient (Wildman–Crippen LogP) is 5.93. The fourth-order valence-electron chi connectivity index (χ4n) is 1.89. The number of carbonyl (C=O) groups excluding carboxylic acids is 1. The Morgan fingerprint density at radius 2 is 1.83 bits per heavy atom. The summed E-state index contributed by atoms with van der Waals surface area (Å²) in [6.07, 6.45) is 0. The largest absolute Gasteiger partial charge is 0.482 e. The lowest BCUT2D eigenvalue weighted by Gasteiger charge is -2.07. The lowest BCUT2D eigenvalue weighted by atomic mass is 10.3. The number of hydrogen-bond donors (Lipinski definition) is 1. The van der Waals surface area contributed by atoms with E-state index in [2.05, 4.69) is 10.3 Å². The third kappa shape index (κ3) is 3.87. The topological polar surface area (TPSA) is 51.2 Å². The first-order chi connectivity index (χ1) is 11.4. The van der Waals surface area contributed by atoms with Crippen molar-refractivity contribution in [3.05, 3.63) is 50.4 Å². The van der Waals surface area contributed by atoms with Crippen molar-refractivity contribution in [2.45, 2.75) is 0 Å². The summed E-state index contributed by atoms with van der Waals surface area (Å²) in [5.74, 6) is -0.0149. The Labute approximate surface area is 161 Å². The van der Waals surface area contributed by atoms with Gasteiger partial charge in [-0.2, -0.15) is 0 Å². The number of carbonyl (C=O) groups is 1. The molecule has 4 nitrogen and oxygen atoms in total. The van der Waals surface area contributed by atoms with Gasteiger partial charge in [-0.3, -0.25) is 10.1 Å². The molecule has 0 saturated heterocycles. The second kappa shape index (κ2) is 7.33. The molecule has 0 aliphatic carbocycles. The van der Waals surface area contributed by atoms with Gasteiger partial charge in [-0.05, 0) is 30.3 Å². The average molecular weight is 422 g/mol. The Morgan fingerprint density at radius 1 is 1.08 bits per heavy atom. The van der Waals surface area contributed by atoms with Crippen molar-refractivity contribution >= 4 is 79.0 Å². The Kier molecular flexibility index (Phi) is 5.37. The third-order valence-electron chi connectivity index (χ3n) is 2.95. The first kappa shape index (κ1) is 17.6. The molecule has 1 heterocycles. The van der Waals surface area contributed by atoms with Crippen LogP contribution in [-0.2, 0) is 4.79 Å². The summed E-state index contributed by atoms with van der Waals surface area (Å²) in [6, 6.07) is 8.09. The van der Waals surface area contributed by atoms with Gasteiger partial charge in [0.2, 0.25) is 0 Å². The molecule has 9 heteroatoms. The first-order valence-corrected chi connectivity index (χ1v) is 8.89. The minimum Gasteiger partial charge on any atom is -0.482 e. The van der Waals surface area contributed by atoms with Gasteiger partial charge in [0.05, 0.1) is 19.8 Å². The van der Waals surface area contributed by atoms with Crippen LogP contribution in [0.1, 0.15) is 0 Å². The van der Waals surface area contributed by atoms with Gasteiger partial charge in [-0.25, -0.2) is 4.98 Å². The van der Waals surface area contributed by atoms with Gasteiger partial charge in [0.15, 0.2) is 11.7 Å². The highest BCUT2D eigenvalue weighted by Gasteiger charge is 2.13. The van der Waals surface area contributed by atoms with Gasteiger partial charge < -0.3 is 4.74 Å². The average Bonchev–Trinajstić information content (AvgIpc) is 2.95. The van der Waals surface area contributed by atoms with Crippen LogP contribution in [0.25, 0.3) is 10.2 Å². The molecule has 0 spiro atoms. The molecule has 0 bridgehead atoms. The number of fused-ring (bicyclic) bond motifs is 1. The molecule has 0 fully saturated rings. The van der Waals surface area contributed by atoms with Crippen molar-refractivity contribution in [2.24, 2.45) is 0 Å². The van der Waals surface area contributed by atoms with Crippen molar-refractivity contribution < 1.29 is 9.53 Å². The molecular formula is C15H8Cl4N2O2S. The number of anilines is 1. The number of nitrogens with zero attached hydrogens (tertiary/aromatic N) is 1. The maximum absolute atomic E-state index is 12.0. The number of ether oxygens (including phenoxy) is 1. The molecule has 1 aromatic heterocycles. The molecule has 0 atom stereocenters. The number of aromatic nitrogens is 1. The van der Waals surface area contributed by atoms with Gasteiger partial charge in [0, 0.05) is 5.02 Å². The van der Waals surface area contributed by atoms with E-state index >= 15 is 0 Å². The first-order valence-electron chi connectivity index (χ1n) is 6.56. The predicted molar refractivity (Wildman–Crippen MR) is 100 cm³/mol. The molecule has 0 aliphatic heterocycles. The zero-order valence-electron chi connectivity index (χ0n) is 11.8. The summed E-state index contributed by atoms with van der Waals surface area (Å²) in [4.78, 5) is 16.3. The molecule has 124 valence electrons. The van der Waals surface area contributed by atoms with Crippen LogP contribution in [0.15, 0.2) is 30.3 Å². The quantitative estimate of drug-likeness (QED) is 0.568. The van der Waals surface area contributed by atoms with Crippen LogP contribution >= 0.6 is 57.7 Å². The van der Waals surface area contributed by atoms with Crippen molar-refractivity contribution in [3.8, 4) is 5.75 Å². The number of hydrogen-bond acceptors (Lipinski definition) is 4. The van der Waals surface area contributed by atoms with E-state index in [1.807, 2.05) is 0 Å². The smallest absolute Gasteiger partial charge is 0.264 e. The summed E-state index contributed by atoms with van der Waals surface area (Å²) in [6.45, 7) is -0.223. The Morgan fingerprint density at radius 3 is 2.54 bits per heavy atom. The molecule has 0 saturated carbocycles. The van der Waals surface area contributed by atoms with Crippen LogP contribution in [-0.4, -0.2) is 17.5 Å². The van der Waals surface area contributed by atoms with Crippen molar-refractivity contribution in [1.29, 1.82) is 0 Å². The van der Waals surface area contributed by atoms with E-state index in [0.29, 0.717) is 41.2 Å². The fourth-order valence-corrected chi connectivity index (χ4v) is 3.79. The molecule has 3 aromatic rings. The second-order valence-electron chi connectivity index (χ2n) is 4.64. The monoisotopic (exact) mass is 420 g/mol.